The molecule has 1 fully saturated rings. The Balaban J connectivity index is 1.79. The molecule has 1 N–H and O–H groups in total. The Labute approximate surface area is 133 Å². The average molecular weight is 307 g/mol. The van der Waals surface area contributed by atoms with Crippen LogP contribution in [0.25, 0.3) is 0 Å². The molecule has 0 unspecified atom stereocenters. The molecule has 1 amide bonds. The van der Waals surface area contributed by atoms with Crippen molar-refractivity contribution in [2.45, 2.75) is 53.1 Å². The molecule has 1 aliphatic rings. The van der Waals surface area contributed by atoms with Crippen LogP contribution in [0, 0.1) is 25.7 Å². The second kappa shape index (κ2) is 7.27. The van der Waals surface area contributed by atoms with Gasteiger partial charge in [0.1, 0.15) is 0 Å². The zero-order valence-electron chi connectivity index (χ0n) is 14.5. The molecular formula is C17H29N3O2. The van der Waals surface area contributed by atoms with Crippen molar-refractivity contribution in [1.29, 1.82) is 0 Å². The van der Waals surface area contributed by atoms with Crippen LogP contribution < -0.4 is 5.32 Å². The highest BCUT2D eigenvalue weighted by Crippen LogP contribution is 2.26. The molecule has 1 aromatic heterocycles. The minimum atomic E-state index is 0.122. The first kappa shape index (κ1) is 17.0. The van der Waals surface area contributed by atoms with Gasteiger partial charge in [0.25, 0.3) is 0 Å². The molecule has 0 saturated carbocycles. The fourth-order valence-corrected chi connectivity index (χ4v) is 3.36. The number of rotatable bonds is 6. The van der Waals surface area contributed by atoms with Crippen molar-refractivity contribution in [1.82, 2.24) is 15.1 Å². The smallest absolute Gasteiger partial charge is 0.220 e. The second-order valence-electron chi connectivity index (χ2n) is 6.71. The third-order valence-electron chi connectivity index (χ3n) is 4.74. The van der Waals surface area contributed by atoms with Gasteiger partial charge in [0, 0.05) is 38.2 Å². The maximum atomic E-state index is 12.1. The summed E-state index contributed by atoms with van der Waals surface area (Å²) in [6, 6.07) is 0. The molecule has 0 aromatic carbocycles. The van der Waals surface area contributed by atoms with Crippen LogP contribution in [0.15, 0.2) is 0 Å². The van der Waals surface area contributed by atoms with E-state index >= 15 is 0 Å². The molecule has 2 atom stereocenters. The van der Waals surface area contributed by atoms with Crippen LogP contribution in [0.5, 0.6) is 0 Å². The fourth-order valence-electron chi connectivity index (χ4n) is 3.36. The Morgan fingerprint density at radius 2 is 2.18 bits per heavy atom. The highest BCUT2D eigenvalue weighted by Gasteiger charge is 2.30. The lowest BCUT2D eigenvalue weighted by atomic mass is 9.93. The Hall–Kier alpha value is -1.36. The van der Waals surface area contributed by atoms with Crippen LogP contribution in [0.3, 0.4) is 0 Å². The Morgan fingerprint density at radius 3 is 2.77 bits per heavy atom. The van der Waals surface area contributed by atoms with E-state index in [2.05, 4.69) is 31.2 Å². The first-order chi connectivity index (χ1) is 10.4. The van der Waals surface area contributed by atoms with E-state index < -0.39 is 0 Å². The van der Waals surface area contributed by atoms with Gasteiger partial charge in [-0.05, 0) is 38.2 Å². The predicted octanol–water partition coefficient (Wildman–Crippen LogP) is 2.15. The van der Waals surface area contributed by atoms with E-state index in [-0.39, 0.29) is 12.0 Å². The monoisotopic (exact) mass is 307 g/mol. The van der Waals surface area contributed by atoms with Crippen molar-refractivity contribution in [3.05, 3.63) is 17.0 Å². The molecule has 124 valence electrons. The largest absolute Gasteiger partial charge is 0.378 e. The quantitative estimate of drug-likeness (QED) is 0.876. The van der Waals surface area contributed by atoms with Gasteiger partial charge in [-0.15, -0.1) is 0 Å². The summed E-state index contributed by atoms with van der Waals surface area (Å²) in [5, 5.41) is 7.47. The van der Waals surface area contributed by atoms with Gasteiger partial charge in [-0.25, -0.2) is 0 Å². The zero-order valence-corrected chi connectivity index (χ0v) is 14.5. The number of hydrogen-bond acceptors (Lipinski definition) is 3. The number of hydrogen-bond donors (Lipinski definition) is 1. The van der Waals surface area contributed by atoms with Gasteiger partial charge in [0.15, 0.2) is 0 Å². The SMILES string of the molecule is Cc1nn(C)c(C)c1CCC(=O)NC[C@H]1CCO[C@H]1C(C)C. The fraction of sp³-hybridized carbons (Fsp3) is 0.765. The second-order valence-corrected chi connectivity index (χ2v) is 6.71. The summed E-state index contributed by atoms with van der Waals surface area (Å²) < 4.78 is 7.64. The number of aryl methyl sites for hydroxylation is 2. The molecule has 5 nitrogen and oxygen atoms in total. The first-order valence-electron chi connectivity index (χ1n) is 8.27. The maximum absolute atomic E-state index is 12.1. The lowest BCUT2D eigenvalue weighted by molar-refractivity contribution is -0.121. The van der Waals surface area contributed by atoms with E-state index in [1.807, 2.05) is 18.7 Å². The van der Waals surface area contributed by atoms with Crippen molar-refractivity contribution in [3.63, 3.8) is 0 Å². The minimum Gasteiger partial charge on any atom is -0.378 e. The van der Waals surface area contributed by atoms with Gasteiger partial charge in [-0.1, -0.05) is 13.8 Å². The third-order valence-corrected chi connectivity index (χ3v) is 4.74. The molecule has 0 aliphatic carbocycles. The van der Waals surface area contributed by atoms with E-state index in [4.69, 9.17) is 4.74 Å². The summed E-state index contributed by atoms with van der Waals surface area (Å²) in [7, 11) is 1.94. The van der Waals surface area contributed by atoms with Crippen molar-refractivity contribution in [3.8, 4) is 0 Å². The Kier molecular flexibility index (Phi) is 5.62. The molecule has 1 aromatic rings. The van der Waals surface area contributed by atoms with Gasteiger partial charge in [-0.3, -0.25) is 9.48 Å². The minimum absolute atomic E-state index is 0.122. The molecule has 0 radical (unpaired) electrons. The highest BCUT2D eigenvalue weighted by molar-refractivity contribution is 5.76. The topological polar surface area (TPSA) is 56.2 Å². The van der Waals surface area contributed by atoms with E-state index in [0.717, 1.165) is 37.4 Å². The predicted molar refractivity (Wildman–Crippen MR) is 86.7 cm³/mol. The molecule has 2 heterocycles. The molecule has 1 saturated heterocycles. The number of nitrogens with zero attached hydrogens (tertiary/aromatic N) is 2. The number of nitrogens with one attached hydrogen (secondary N) is 1. The van der Waals surface area contributed by atoms with Crippen LogP contribution in [-0.2, 0) is 23.0 Å². The van der Waals surface area contributed by atoms with Crippen LogP contribution in [-0.4, -0.2) is 34.9 Å². The van der Waals surface area contributed by atoms with Crippen molar-refractivity contribution in [2.75, 3.05) is 13.2 Å². The Morgan fingerprint density at radius 1 is 1.45 bits per heavy atom. The number of carbonyl (C=O) groups is 1. The standard InChI is InChI=1S/C17H29N3O2/c1-11(2)17-14(8-9-22-17)10-18-16(21)7-6-15-12(3)19-20(5)13(15)4/h11,14,17H,6-10H2,1-5H3,(H,18,21)/t14-,17+/m1/s1. The number of amides is 1. The van der Waals surface area contributed by atoms with Crippen LogP contribution in [0.4, 0.5) is 0 Å². The van der Waals surface area contributed by atoms with Gasteiger partial charge in [-0.2, -0.15) is 5.10 Å². The lowest BCUT2D eigenvalue weighted by Gasteiger charge is -2.22. The van der Waals surface area contributed by atoms with Gasteiger partial charge >= 0.3 is 0 Å². The Bertz CT molecular complexity index is 522. The molecule has 5 heteroatoms. The number of ether oxygens (including phenoxy) is 1. The van der Waals surface area contributed by atoms with Crippen LogP contribution >= 0.6 is 0 Å². The molecular weight excluding hydrogens is 278 g/mol. The summed E-state index contributed by atoms with van der Waals surface area (Å²) in [5.41, 5.74) is 3.37. The summed E-state index contributed by atoms with van der Waals surface area (Å²) in [6.07, 6.45) is 2.60. The van der Waals surface area contributed by atoms with Crippen molar-refractivity contribution >= 4 is 5.91 Å². The van der Waals surface area contributed by atoms with Gasteiger partial charge in [0.05, 0.1) is 11.8 Å². The molecule has 0 bridgehead atoms. The summed E-state index contributed by atoms with van der Waals surface area (Å²) >= 11 is 0. The molecule has 2 rings (SSSR count). The number of aromatic nitrogens is 2. The highest BCUT2D eigenvalue weighted by atomic mass is 16.5. The van der Waals surface area contributed by atoms with E-state index in [1.165, 1.54) is 5.56 Å². The van der Waals surface area contributed by atoms with E-state index in [1.54, 1.807) is 0 Å². The molecule has 22 heavy (non-hydrogen) atoms. The van der Waals surface area contributed by atoms with E-state index in [0.29, 0.717) is 18.3 Å². The number of carbonyl (C=O) groups excluding carboxylic acids is 1. The summed E-state index contributed by atoms with van der Waals surface area (Å²) in [4.78, 5) is 12.1. The van der Waals surface area contributed by atoms with Gasteiger partial charge < -0.3 is 10.1 Å². The summed E-state index contributed by atoms with van der Waals surface area (Å²) in [5.74, 6) is 1.08. The van der Waals surface area contributed by atoms with E-state index in [9.17, 15) is 4.79 Å². The van der Waals surface area contributed by atoms with Crippen molar-refractivity contribution in [2.24, 2.45) is 18.9 Å². The first-order valence-corrected chi connectivity index (χ1v) is 8.27. The summed E-state index contributed by atoms with van der Waals surface area (Å²) in [6.45, 7) is 9.96. The zero-order chi connectivity index (χ0) is 16.3. The maximum Gasteiger partial charge on any atom is 0.220 e. The third kappa shape index (κ3) is 3.88. The van der Waals surface area contributed by atoms with Crippen LogP contribution in [0.2, 0.25) is 0 Å². The molecule has 0 spiro atoms. The molecule has 1 aliphatic heterocycles. The lowest BCUT2D eigenvalue weighted by Crippen LogP contribution is -2.35. The normalized spacial score (nSPS) is 21.5. The van der Waals surface area contributed by atoms with Crippen LogP contribution in [0.1, 0.15) is 43.6 Å². The van der Waals surface area contributed by atoms with Gasteiger partial charge in [0.2, 0.25) is 5.91 Å². The van der Waals surface area contributed by atoms with Crippen molar-refractivity contribution < 1.29 is 9.53 Å². The average Bonchev–Trinajstić information content (AvgIpc) is 3.01.